The third kappa shape index (κ3) is 4.40. The number of rotatable bonds is 6. The number of likely N-dealkylation sites (tertiary alicyclic amines) is 1. The Morgan fingerprint density at radius 3 is 2.61 bits per heavy atom. The fourth-order valence-electron chi connectivity index (χ4n) is 3.94. The maximum atomic E-state index is 13.2. The summed E-state index contributed by atoms with van der Waals surface area (Å²) in [7, 11) is 0. The topological polar surface area (TPSA) is 75.4 Å². The molecular formula is C21H26FN3O3. The first-order chi connectivity index (χ1) is 13.4. The van der Waals surface area contributed by atoms with E-state index in [-0.39, 0.29) is 30.6 Å². The number of hydrogen-bond acceptors (Lipinski definition) is 3. The number of benzene rings is 1. The van der Waals surface area contributed by atoms with E-state index in [4.69, 9.17) is 5.11 Å². The third-order valence-corrected chi connectivity index (χ3v) is 5.48. The molecule has 1 amide bonds. The molecule has 0 bridgehead atoms. The summed E-state index contributed by atoms with van der Waals surface area (Å²) >= 11 is 0. The standard InChI is InChI=1S/C21H26FN3O3/c1-14-19(15(2)25(23-14)18-8-6-16(22)7-9-18)13-20(26)24-12-4-3-5-17(24)10-11-21(27)28/h6-9,17H,3-5,10-13H2,1-2H3,(H,27,28). The Labute approximate surface area is 164 Å². The van der Waals surface area contributed by atoms with Gasteiger partial charge in [-0.05, 0) is 63.8 Å². The van der Waals surface area contributed by atoms with Crippen molar-refractivity contribution in [1.82, 2.24) is 14.7 Å². The molecule has 1 aliphatic heterocycles. The van der Waals surface area contributed by atoms with Gasteiger partial charge in [0.25, 0.3) is 0 Å². The monoisotopic (exact) mass is 387 g/mol. The highest BCUT2D eigenvalue weighted by Gasteiger charge is 2.28. The zero-order valence-electron chi connectivity index (χ0n) is 16.3. The molecule has 2 heterocycles. The van der Waals surface area contributed by atoms with Gasteiger partial charge in [0.1, 0.15) is 5.82 Å². The highest BCUT2D eigenvalue weighted by molar-refractivity contribution is 5.80. The van der Waals surface area contributed by atoms with Gasteiger partial charge in [-0.15, -0.1) is 0 Å². The van der Waals surface area contributed by atoms with Crippen molar-refractivity contribution in [2.45, 2.75) is 58.4 Å². The number of carbonyl (C=O) groups is 2. The number of carboxylic acid groups (broad SMARTS) is 1. The Hall–Kier alpha value is -2.70. The van der Waals surface area contributed by atoms with E-state index in [0.717, 1.165) is 41.9 Å². The molecule has 3 rings (SSSR count). The van der Waals surface area contributed by atoms with E-state index in [2.05, 4.69) is 5.10 Å². The van der Waals surface area contributed by atoms with E-state index in [1.54, 1.807) is 16.8 Å². The molecule has 7 heteroatoms. The molecule has 0 radical (unpaired) electrons. The molecule has 1 unspecified atom stereocenters. The number of aliphatic carboxylic acids is 1. The summed E-state index contributed by atoms with van der Waals surface area (Å²) in [6, 6.07) is 6.08. The van der Waals surface area contributed by atoms with Crippen LogP contribution < -0.4 is 0 Å². The fraction of sp³-hybridized carbons (Fsp3) is 0.476. The lowest BCUT2D eigenvalue weighted by molar-refractivity contribution is -0.139. The predicted octanol–water partition coefficient (Wildman–Crippen LogP) is 3.42. The molecule has 1 N–H and O–H groups in total. The lowest BCUT2D eigenvalue weighted by atomic mass is 9.96. The van der Waals surface area contributed by atoms with E-state index >= 15 is 0 Å². The van der Waals surface area contributed by atoms with Crippen molar-refractivity contribution in [3.05, 3.63) is 47.0 Å². The largest absolute Gasteiger partial charge is 0.481 e. The molecule has 0 spiro atoms. The second-order valence-electron chi connectivity index (χ2n) is 7.38. The van der Waals surface area contributed by atoms with Crippen LogP contribution in [-0.2, 0) is 16.0 Å². The number of halogens is 1. The van der Waals surface area contributed by atoms with Crippen LogP contribution in [0.1, 0.15) is 49.1 Å². The quantitative estimate of drug-likeness (QED) is 0.824. The number of aryl methyl sites for hydroxylation is 1. The van der Waals surface area contributed by atoms with Crippen molar-refractivity contribution in [3.63, 3.8) is 0 Å². The Balaban J connectivity index is 1.77. The van der Waals surface area contributed by atoms with Crippen LogP contribution in [-0.4, -0.2) is 44.3 Å². The summed E-state index contributed by atoms with van der Waals surface area (Å²) in [4.78, 5) is 25.8. The molecule has 1 aliphatic rings. The third-order valence-electron chi connectivity index (χ3n) is 5.48. The number of amides is 1. The van der Waals surface area contributed by atoms with Crippen molar-refractivity contribution < 1.29 is 19.1 Å². The van der Waals surface area contributed by atoms with Crippen LogP contribution in [0.25, 0.3) is 5.69 Å². The lowest BCUT2D eigenvalue weighted by Gasteiger charge is -2.36. The smallest absolute Gasteiger partial charge is 0.303 e. The second kappa shape index (κ2) is 8.54. The van der Waals surface area contributed by atoms with Gasteiger partial charge in [0.15, 0.2) is 0 Å². The second-order valence-corrected chi connectivity index (χ2v) is 7.38. The predicted molar refractivity (Wildman–Crippen MR) is 103 cm³/mol. The normalized spacial score (nSPS) is 17.0. The van der Waals surface area contributed by atoms with E-state index in [0.29, 0.717) is 13.0 Å². The van der Waals surface area contributed by atoms with Gasteiger partial charge in [0, 0.05) is 30.3 Å². The average Bonchev–Trinajstić information content (AvgIpc) is 2.95. The van der Waals surface area contributed by atoms with Crippen molar-refractivity contribution in [2.24, 2.45) is 0 Å². The number of carbonyl (C=O) groups excluding carboxylic acids is 1. The minimum absolute atomic E-state index is 0.00916. The minimum Gasteiger partial charge on any atom is -0.481 e. The van der Waals surface area contributed by atoms with Gasteiger partial charge in [0.05, 0.1) is 17.8 Å². The van der Waals surface area contributed by atoms with Crippen LogP contribution in [0.3, 0.4) is 0 Å². The van der Waals surface area contributed by atoms with Crippen molar-refractivity contribution in [3.8, 4) is 5.69 Å². The zero-order chi connectivity index (χ0) is 20.3. The lowest BCUT2D eigenvalue weighted by Crippen LogP contribution is -2.44. The van der Waals surface area contributed by atoms with E-state index in [1.807, 2.05) is 18.7 Å². The molecule has 1 atom stereocenters. The van der Waals surface area contributed by atoms with Gasteiger partial charge < -0.3 is 10.0 Å². The summed E-state index contributed by atoms with van der Waals surface area (Å²) in [6.07, 6.45) is 3.63. The molecule has 2 aromatic rings. The number of piperidine rings is 1. The van der Waals surface area contributed by atoms with Crippen LogP contribution in [0.5, 0.6) is 0 Å². The molecule has 1 aromatic carbocycles. The molecule has 0 saturated carbocycles. The average molecular weight is 387 g/mol. The Bertz CT molecular complexity index is 861. The molecule has 1 fully saturated rings. The summed E-state index contributed by atoms with van der Waals surface area (Å²) in [6.45, 7) is 4.45. The SMILES string of the molecule is Cc1nn(-c2ccc(F)cc2)c(C)c1CC(=O)N1CCCCC1CCC(=O)O. The van der Waals surface area contributed by atoms with E-state index in [9.17, 15) is 14.0 Å². The van der Waals surface area contributed by atoms with Crippen LogP contribution in [0.4, 0.5) is 4.39 Å². The first-order valence-electron chi connectivity index (χ1n) is 9.69. The fourth-order valence-corrected chi connectivity index (χ4v) is 3.94. The van der Waals surface area contributed by atoms with Crippen LogP contribution in [0.2, 0.25) is 0 Å². The number of aromatic nitrogens is 2. The first-order valence-corrected chi connectivity index (χ1v) is 9.69. The first kappa shape index (κ1) is 20.0. The van der Waals surface area contributed by atoms with Gasteiger partial charge in [-0.25, -0.2) is 9.07 Å². The maximum absolute atomic E-state index is 13.2. The van der Waals surface area contributed by atoms with Crippen LogP contribution in [0, 0.1) is 19.7 Å². The molecule has 1 saturated heterocycles. The Morgan fingerprint density at radius 2 is 1.93 bits per heavy atom. The van der Waals surface area contributed by atoms with Gasteiger partial charge in [-0.3, -0.25) is 9.59 Å². The van der Waals surface area contributed by atoms with Gasteiger partial charge >= 0.3 is 5.97 Å². The molecule has 1 aromatic heterocycles. The highest BCUT2D eigenvalue weighted by atomic mass is 19.1. The molecule has 150 valence electrons. The van der Waals surface area contributed by atoms with Gasteiger partial charge in [0.2, 0.25) is 5.91 Å². The molecule has 0 aliphatic carbocycles. The molecule has 28 heavy (non-hydrogen) atoms. The minimum atomic E-state index is -0.828. The van der Waals surface area contributed by atoms with E-state index in [1.165, 1.54) is 12.1 Å². The number of nitrogens with zero attached hydrogens (tertiary/aromatic N) is 3. The number of carboxylic acids is 1. The van der Waals surface area contributed by atoms with Gasteiger partial charge in [-0.2, -0.15) is 5.10 Å². The Morgan fingerprint density at radius 1 is 1.21 bits per heavy atom. The van der Waals surface area contributed by atoms with Crippen molar-refractivity contribution in [1.29, 1.82) is 0 Å². The maximum Gasteiger partial charge on any atom is 0.303 e. The van der Waals surface area contributed by atoms with E-state index < -0.39 is 5.97 Å². The van der Waals surface area contributed by atoms with Gasteiger partial charge in [-0.1, -0.05) is 0 Å². The van der Waals surface area contributed by atoms with Crippen LogP contribution in [0.15, 0.2) is 24.3 Å². The number of hydrogen-bond donors (Lipinski definition) is 1. The summed E-state index contributed by atoms with van der Waals surface area (Å²) in [5.74, 6) is -1.12. The summed E-state index contributed by atoms with van der Waals surface area (Å²) in [5.41, 5.74) is 3.25. The van der Waals surface area contributed by atoms with Crippen molar-refractivity contribution >= 4 is 11.9 Å². The highest BCUT2D eigenvalue weighted by Crippen LogP contribution is 2.24. The summed E-state index contributed by atoms with van der Waals surface area (Å²) in [5, 5.41) is 13.5. The molecular weight excluding hydrogens is 361 g/mol. The molecule has 6 nitrogen and oxygen atoms in total. The van der Waals surface area contributed by atoms with Crippen molar-refractivity contribution in [2.75, 3.05) is 6.54 Å². The Kier molecular flexibility index (Phi) is 6.11. The summed E-state index contributed by atoms with van der Waals surface area (Å²) < 4.78 is 14.9. The zero-order valence-corrected chi connectivity index (χ0v) is 16.3. The van der Waals surface area contributed by atoms with Crippen LogP contribution >= 0.6 is 0 Å².